The largest absolute Gasteiger partial charge is 0.338 e. The van der Waals surface area contributed by atoms with Crippen LogP contribution in [-0.2, 0) is 22.0 Å². The SMILES string of the molecule is CN(Cc1nc(-c2ccc(C(C)(C)C)cc2)no1)S(=O)(=O)c1ccc(F)cc1. The van der Waals surface area contributed by atoms with Gasteiger partial charge in [-0.1, -0.05) is 50.2 Å². The molecule has 0 aliphatic rings. The summed E-state index contributed by atoms with van der Waals surface area (Å²) in [5.74, 6) is 0.0618. The first kappa shape index (κ1) is 20.2. The zero-order valence-corrected chi connectivity index (χ0v) is 17.0. The minimum Gasteiger partial charge on any atom is -0.338 e. The molecule has 3 rings (SSSR count). The number of sulfonamides is 1. The third kappa shape index (κ3) is 4.28. The molecule has 3 aromatic rings. The first-order chi connectivity index (χ1) is 13.1. The first-order valence-corrected chi connectivity index (χ1v) is 10.2. The van der Waals surface area contributed by atoms with Gasteiger partial charge in [0.1, 0.15) is 5.82 Å². The molecule has 0 atom stereocenters. The maximum Gasteiger partial charge on any atom is 0.243 e. The number of halogens is 1. The molecule has 0 spiro atoms. The summed E-state index contributed by atoms with van der Waals surface area (Å²) in [4.78, 5) is 4.28. The van der Waals surface area contributed by atoms with Crippen LogP contribution in [0.25, 0.3) is 11.4 Å². The fourth-order valence-electron chi connectivity index (χ4n) is 2.62. The Morgan fingerprint density at radius 2 is 1.64 bits per heavy atom. The van der Waals surface area contributed by atoms with Gasteiger partial charge in [0, 0.05) is 12.6 Å². The van der Waals surface area contributed by atoms with Crippen molar-refractivity contribution in [2.24, 2.45) is 0 Å². The van der Waals surface area contributed by atoms with Gasteiger partial charge in [-0.25, -0.2) is 12.8 Å². The zero-order chi connectivity index (χ0) is 20.5. The number of nitrogens with zero attached hydrogens (tertiary/aromatic N) is 3. The minimum absolute atomic E-state index is 0.00564. The molecule has 0 radical (unpaired) electrons. The Balaban J connectivity index is 1.76. The smallest absolute Gasteiger partial charge is 0.243 e. The molecule has 0 bridgehead atoms. The lowest BCUT2D eigenvalue weighted by Gasteiger charge is -2.18. The fourth-order valence-corrected chi connectivity index (χ4v) is 3.74. The van der Waals surface area contributed by atoms with Gasteiger partial charge >= 0.3 is 0 Å². The second kappa shape index (κ2) is 7.44. The van der Waals surface area contributed by atoms with Crippen LogP contribution in [0.4, 0.5) is 4.39 Å². The van der Waals surface area contributed by atoms with Crippen molar-refractivity contribution in [1.29, 1.82) is 0 Å². The Bertz CT molecular complexity index is 1050. The van der Waals surface area contributed by atoms with Gasteiger partial charge in [0.2, 0.25) is 21.7 Å². The normalized spacial score (nSPS) is 12.5. The number of rotatable bonds is 5. The summed E-state index contributed by atoms with van der Waals surface area (Å²) < 4.78 is 44.5. The van der Waals surface area contributed by atoms with E-state index in [2.05, 4.69) is 30.9 Å². The molecule has 1 heterocycles. The molecule has 6 nitrogen and oxygen atoms in total. The quantitative estimate of drug-likeness (QED) is 0.644. The number of benzene rings is 2. The number of hydrogen-bond acceptors (Lipinski definition) is 5. The highest BCUT2D eigenvalue weighted by molar-refractivity contribution is 7.89. The van der Waals surface area contributed by atoms with Gasteiger partial charge < -0.3 is 4.52 Å². The standard InChI is InChI=1S/C20H22FN3O3S/c1-20(2,3)15-7-5-14(6-8-15)19-22-18(27-23-19)13-24(4)28(25,26)17-11-9-16(21)10-12-17/h5-12H,13H2,1-4H3. The Kier molecular flexibility index (Phi) is 5.36. The summed E-state index contributed by atoms with van der Waals surface area (Å²) >= 11 is 0. The van der Waals surface area contributed by atoms with Gasteiger partial charge in [-0.3, -0.25) is 0 Å². The molecule has 0 aliphatic heterocycles. The lowest BCUT2D eigenvalue weighted by molar-refractivity contribution is 0.336. The molecule has 1 aromatic heterocycles. The summed E-state index contributed by atoms with van der Waals surface area (Å²) in [6, 6.07) is 12.5. The second-order valence-corrected chi connectivity index (χ2v) is 9.60. The molecule has 28 heavy (non-hydrogen) atoms. The second-order valence-electron chi connectivity index (χ2n) is 7.55. The Labute approximate surface area is 164 Å². The molecule has 0 amide bonds. The molecule has 0 unspecified atom stereocenters. The third-order valence-corrected chi connectivity index (χ3v) is 6.17. The molecule has 2 aromatic carbocycles. The van der Waals surface area contributed by atoms with Gasteiger partial charge in [-0.15, -0.1) is 0 Å². The van der Waals surface area contributed by atoms with E-state index in [0.717, 1.165) is 22.0 Å². The van der Waals surface area contributed by atoms with Crippen molar-refractivity contribution in [3.05, 3.63) is 65.8 Å². The maximum absolute atomic E-state index is 13.0. The summed E-state index contributed by atoms with van der Waals surface area (Å²) in [6.45, 7) is 6.30. The number of hydrogen-bond donors (Lipinski definition) is 0. The van der Waals surface area contributed by atoms with Crippen molar-refractivity contribution in [1.82, 2.24) is 14.4 Å². The van der Waals surface area contributed by atoms with Crippen LogP contribution < -0.4 is 0 Å². The Morgan fingerprint density at radius 3 is 2.21 bits per heavy atom. The van der Waals surface area contributed by atoms with Crippen molar-refractivity contribution in [3.63, 3.8) is 0 Å². The van der Waals surface area contributed by atoms with Crippen molar-refractivity contribution in [2.45, 2.75) is 37.6 Å². The van der Waals surface area contributed by atoms with Gasteiger partial charge in [0.25, 0.3) is 0 Å². The van der Waals surface area contributed by atoms with E-state index in [1.165, 1.54) is 24.7 Å². The van der Waals surface area contributed by atoms with Crippen LogP contribution in [0.5, 0.6) is 0 Å². The van der Waals surface area contributed by atoms with Crippen LogP contribution in [-0.4, -0.2) is 29.9 Å². The topological polar surface area (TPSA) is 76.3 Å². The molecule has 0 saturated carbocycles. The molecular formula is C20H22FN3O3S. The lowest BCUT2D eigenvalue weighted by Crippen LogP contribution is -2.26. The van der Waals surface area contributed by atoms with Crippen LogP contribution in [0.3, 0.4) is 0 Å². The average Bonchev–Trinajstić information content (AvgIpc) is 3.10. The highest BCUT2D eigenvalue weighted by Gasteiger charge is 2.23. The Hall–Kier alpha value is -2.58. The fraction of sp³-hybridized carbons (Fsp3) is 0.300. The molecule has 0 aliphatic carbocycles. The van der Waals surface area contributed by atoms with Crippen molar-refractivity contribution in [3.8, 4) is 11.4 Å². The van der Waals surface area contributed by atoms with Crippen LogP contribution >= 0.6 is 0 Å². The third-order valence-electron chi connectivity index (χ3n) is 4.36. The van der Waals surface area contributed by atoms with E-state index < -0.39 is 15.8 Å². The molecule has 0 saturated heterocycles. The van der Waals surface area contributed by atoms with Crippen LogP contribution in [0.2, 0.25) is 0 Å². The molecule has 8 heteroatoms. The summed E-state index contributed by atoms with van der Waals surface area (Å²) in [6.07, 6.45) is 0. The van der Waals surface area contributed by atoms with E-state index >= 15 is 0 Å². The van der Waals surface area contributed by atoms with E-state index in [0.29, 0.717) is 5.82 Å². The van der Waals surface area contributed by atoms with E-state index in [4.69, 9.17) is 4.52 Å². The lowest BCUT2D eigenvalue weighted by atomic mass is 9.87. The van der Waals surface area contributed by atoms with Crippen LogP contribution in [0.1, 0.15) is 32.2 Å². The molecular weight excluding hydrogens is 381 g/mol. The van der Waals surface area contributed by atoms with E-state index in [1.807, 2.05) is 24.3 Å². The van der Waals surface area contributed by atoms with Gasteiger partial charge in [-0.2, -0.15) is 9.29 Å². The predicted molar refractivity (Wildman–Crippen MR) is 103 cm³/mol. The summed E-state index contributed by atoms with van der Waals surface area (Å²) in [5.41, 5.74) is 2.01. The van der Waals surface area contributed by atoms with Crippen molar-refractivity contribution >= 4 is 10.0 Å². The van der Waals surface area contributed by atoms with Gasteiger partial charge in [-0.05, 0) is 35.2 Å². The van der Waals surface area contributed by atoms with Crippen LogP contribution in [0.15, 0.2) is 57.9 Å². The van der Waals surface area contributed by atoms with Gasteiger partial charge in [0.05, 0.1) is 11.4 Å². The monoisotopic (exact) mass is 403 g/mol. The predicted octanol–water partition coefficient (Wildman–Crippen LogP) is 3.99. The van der Waals surface area contributed by atoms with Gasteiger partial charge in [0.15, 0.2) is 0 Å². The first-order valence-electron chi connectivity index (χ1n) is 8.73. The van der Waals surface area contributed by atoms with Crippen molar-refractivity contribution in [2.75, 3.05) is 7.05 Å². The van der Waals surface area contributed by atoms with E-state index in [1.54, 1.807) is 0 Å². The molecule has 0 N–H and O–H groups in total. The minimum atomic E-state index is -3.79. The summed E-state index contributed by atoms with van der Waals surface area (Å²) in [7, 11) is -2.39. The van der Waals surface area contributed by atoms with Crippen molar-refractivity contribution < 1.29 is 17.3 Å². The van der Waals surface area contributed by atoms with E-state index in [-0.39, 0.29) is 22.7 Å². The Morgan fingerprint density at radius 1 is 1.04 bits per heavy atom. The number of aromatic nitrogens is 2. The average molecular weight is 403 g/mol. The van der Waals surface area contributed by atoms with E-state index in [9.17, 15) is 12.8 Å². The van der Waals surface area contributed by atoms with Crippen LogP contribution in [0, 0.1) is 5.82 Å². The molecule has 148 valence electrons. The zero-order valence-electron chi connectivity index (χ0n) is 16.2. The highest BCUT2D eigenvalue weighted by atomic mass is 32.2. The maximum atomic E-state index is 13.0. The highest BCUT2D eigenvalue weighted by Crippen LogP contribution is 2.25. The molecule has 0 fully saturated rings. The summed E-state index contributed by atoms with van der Waals surface area (Å²) in [5, 5.41) is 3.94.